The van der Waals surface area contributed by atoms with Crippen molar-refractivity contribution < 1.29 is 9.13 Å². The summed E-state index contributed by atoms with van der Waals surface area (Å²) in [7, 11) is 0. The summed E-state index contributed by atoms with van der Waals surface area (Å²) in [5, 5.41) is 0. The van der Waals surface area contributed by atoms with Crippen molar-refractivity contribution in [3.8, 4) is 0 Å². The van der Waals surface area contributed by atoms with Gasteiger partial charge in [-0.1, -0.05) is 0 Å². The van der Waals surface area contributed by atoms with Gasteiger partial charge in [0.1, 0.15) is 5.82 Å². The van der Waals surface area contributed by atoms with E-state index >= 15 is 0 Å². The van der Waals surface area contributed by atoms with E-state index in [0.29, 0.717) is 13.2 Å². The first kappa shape index (κ1) is 12.3. The summed E-state index contributed by atoms with van der Waals surface area (Å²) >= 11 is 0. The number of halogens is 1. The van der Waals surface area contributed by atoms with Crippen LogP contribution in [0.1, 0.15) is 19.4 Å². The van der Waals surface area contributed by atoms with Crippen LogP contribution in [0.5, 0.6) is 0 Å². The lowest BCUT2D eigenvalue weighted by Gasteiger charge is -2.38. The van der Waals surface area contributed by atoms with Gasteiger partial charge in [0.25, 0.3) is 0 Å². The molecule has 17 heavy (non-hydrogen) atoms. The van der Waals surface area contributed by atoms with Gasteiger partial charge >= 0.3 is 0 Å². The lowest BCUT2D eigenvalue weighted by atomic mass is 10.1. The first-order chi connectivity index (χ1) is 8.10. The van der Waals surface area contributed by atoms with Gasteiger partial charge in [-0.25, -0.2) is 4.39 Å². The van der Waals surface area contributed by atoms with Crippen molar-refractivity contribution in [3.63, 3.8) is 0 Å². The fourth-order valence-corrected chi connectivity index (χ4v) is 2.18. The number of nitrogens with two attached hydrogens (primary N) is 1. The molecule has 1 aromatic carbocycles. The van der Waals surface area contributed by atoms with Crippen LogP contribution < -0.4 is 10.6 Å². The number of anilines is 1. The maximum Gasteiger partial charge on any atom is 0.125 e. The molecule has 0 spiro atoms. The van der Waals surface area contributed by atoms with Crippen LogP contribution in [-0.2, 0) is 11.3 Å². The topological polar surface area (TPSA) is 38.5 Å². The number of hydrogen-bond donors (Lipinski definition) is 1. The number of rotatable bonds is 2. The van der Waals surface area contributed by atoms with Gasteiger partial charge in [0.2, 0.25) is 0 Å². The summed E-state index contributed by atoms with van der Waals surface area (Å²) in [5.41, 5.74) is 7.29. The summed E-state index contributed by atoms with van der Waals surface area (Å²) in [6.07, 6.45) is 0.177. The Bertz CT molecular complexity index is 397. The number of ether oxygens (including phenoxy) is 1. The Morgan fingerprint density at radius 2 is 2.18 bits per heavy atom. The molecular weight excluding hydrogens is 219 g/mol. The van der Waals surface area contributed by atoms with Crippen LogP contribution in [-0.4, -0.2) is 25.3 Å². The fourth-order valence-electron chi connectivity index (χ4n) is 2.18. The molecule has 0 aromatic heterocycles. The normalized spacial score (nSPS) is 25.1. The van der Waals surface area contributed by atoms with Crippen LogP contribution in [0.3, 0.4) is 0 Å². The predicted molar refractivity (Wildman–Crippen MR) is 66.5 cm³/mol. The van der Waals surface area contributed by atoms with E-state index in [1.165, 1.54) is 6.07 Å². The predicted octanol–water partition coefficient (Wildman–Crippen LogP) is 1.90. The maximum absolute atomic E-state index is 13.5. The van der Waals surface area contributed by atoms with E-state index in [1.54, 1.807) is 6.07 Å². The van der Waals surface area contributed by atoms with E-state index in [1.807, 2.05) is 13.0 Å². The minimum absolute atomic E-state index is 0.177. The minimum Gasteiger partial charge on any atom is -0.375 e. The highest BCUT2D eigenvalue weighted by Crippen LogP contribution is 2.24. The molecule has 2 unspecified atom stereocenters. The van der Waals surface area contributed by atoms with Crippen molar-refractivity contribution in [1.82, 2.24) is 0 Å². The molecule has 0 radical (unpaired) electrons. The van der Waals surface area contributed by atoms with Crippen LogP contribution in [0.4, 0.5) is 10.1 Å². The first-order valence-electron chi connectivity index (χ1n) is 5.98. The molecule has 2 rings (SSSR count). The third kappa shape index (κ3) is 2.76. The standard InChI is InChI=1S/C13H19FN2O/c1-9-8-17-10(2)7-16(9)13-4-11(6-15)3-12(14)5-13/h3-5,9-10H,6-8,15H2,1-2H3. The summed E-state index contributed by atoms with van der Waals surface area (Å²) in [5.74, 6) is -0.228. The molecule has 1 aliphatic rings. The molecule has 0 aliphatic carbocycles. The van der Waals surface area contributed by atoms with E-state index in [0.717, 1.165) is 17.8 Å². The molecule has 1 heterocycles. The second-order valence-electron chi connectivity index (χ2n) is 4.67. The Balaban J connectivity index is 2.28. The number of hydrogen-bond acceptors (Lipinski definition) is 3. The van der Waals surface area contributed by atoms with Crippen molar-refractivity contribution >= 4 is 5.69 Å². The van der Waals surface area contributed by atoms with Gasteiger partial charge in [0.15, 0.2) is 0 Å². The molecule has 0 bridgehead atoms. The van der Waals surface area contributed by atoms with Crippen LogP contribution in [0.25, 0.3) is 0 Å². The van der Waals surface area contributed by atoms with Gasteiger partial charge in [0.05, 0.1) is 12.7 Å². The van der Waals surface area contributed by atoms with Crippen LogP contribution in [0.2, 0.25) is 0 Å². The molecule has 1 saturated heterocycles. The smallest absolute Gasteiger partial charge is 0.125 e. The Hall–Kier alpha value is -1.13. The second-order valence-corrected chi connectivity index (χ2v) is 4.67. The fraction of sp³-hybridized carbons (Fsp3) is 0.538. The van der Waals surface area contributed by atoms with Crippen molar-refractivity contribution in [3.05, 3.63) is 29.6 Å². The van der Waals surface area contributed by atoms with Gasteiger partial charge in [0, 0.05) is 24.8 Å². The average Bonchev–Trinajstić information content (AvgIpc) is 2.31. The van der Waals surface area contributed by atoms with Crippen molar-refractivity contribution in [1.29, 1.82) is 0 Å². The highest BCUT2D eigenvalue weighted by molar-refractivity contribution is 5.50. The Labute approximate surface area is 101 Å². The molecule has 3 nitrogen and oxygen atoms in total. The summed E-state index contributed by atoms with van der Waals surface area (Å²) in [6.45, 7) is 5.93. The molecule has 0 amide bonds. The van der Waals surface area contributed by atoms with Gasteiger partial charge in [-0.15, -0.1) is 0 Å². The lowest BCUT2D eigenvalue weighted by Crippen LogP contribution is -2.47. The van der Waals surface area contributed by atoms with Gasteiger partial charge < -0.3 is 15.4 Å². The Morgan fingerprint density at radius 3 is 2.88 bits per heavy atom. The zero-order valence-corrected chi connectivity index (χ0v) is 10.3. The zero-order chi connectivity index (χ0) is 12.4. The van der Waals surface area contributed by atoms with Crippen molar-refractivity contribution in [2.24, 2.45) is 5.73 Å². The van der Waals surface area contributed by atoms with Crippen LogP contribution >= 0.6 is 0 Å². The number of nitrogens with zero attached hydrogens (tertiary/aromatic N) is 1. The van der Waals surface area contributed by atoms with Crippen molar-refractivity contribution in [2.75, 3.05) is 18.1 Å². The van der Waals surface area contributed by atoms with E-state index in [2.05, 4.69) is 11.8 Å². The van der Waals surface area contributed by atoms with Gasteiger partial charge in [-0.3, -0.25) is 0 Å². The average molecular weight is 238 g/mol. The molecule has 4 heteroatoms. The summed E-state index contributed by atoms with van der Waals surface area (Å²) in [6, 6.07) is 5.27. The number of benzene rings is 1. The van der Waals surface area contributed by atoms with Gasteiger partial charge in [-0.2, -0.15) is 0 Å². The van der Waals surface area contributed by atoms with Crippen molar-refractivity contribution in [2.45, 2.75) is 32.5 Å². The number of morpholine rings is 1. The molecule has 2 N–H and O–H groups in total. The lowest BCUT2D eigenvalue weighted by molar-refractivity contribution is 0.0343. The molecule has 2 atom stereocenters. The minimum atomic E-state index is -0.228. The molecule has 1 aromatic rings. The van der Waals surface area contributed by atoms with E-state index in [-0.39, 0.29) is 18.0 Å². The monoisotopic (exact) mass is 238 g/mol. The van der Waals surface area contributed by atoms with Crippen LogP contribution in [0, 0.1) is 5.82 Å². The highest BCUT2D eigenvalue weighted by Gasteiger charge is 2.24. The quantitative estimate of drug-likeness (QED) is 0.855. The first-order valence-corrected chi connectivity index (χ1v) is 5.98. The highest BCUT2D eigenvalue weighted by atomic mass is 19.1. The molecule has 1 aliphatic heterocycles. The summed E-state index contributed by atoms with van der Waals surface area (Å²) < 4.78 is 19.0. The van der Waals surface area contributed by atoms with E-state index in [4.69, 9.17) is 10.5 Å². The Morgan fingerprint density at radius 1 is 1.41 bits per heavy atom. The van der Waals surface area contributed by atoms with E-state index in [9.17, 15) is 4.39 Å². The third-order valence-electron chi connectivity index (χ3n) is 3.12. The van der Waals surface area contributed by atoms with Crippen LogP contribution in [0.15, 0.2) is 18.2 Å². The van der Waals surface area contributed by atoms with Gasteiger partial charge in [-0.05, 0) is 37.6 Å². The third-order valence-corrected chi connectivity index (χ3v) is 3.12. The maximum atomic E-state index is 13.5. The summed E-state index contributed by atoms with van der Waals surface area (Å²) in [4.78, 5) is 2.18. The molecule has 1 fully saturated rings. The molecular formula is C13H19FN2O. The SMILES string of the molecule is CC1CN(c2cc(F)cc(CN)c2)C(C)CO1. The zero-order valence-electron chi connectivity index (χ0n) is 10.3. The molecule has 0 saturated carbocycles. The second kappa shape index (κ2) is 5.02. The van der Waals surface area contributed by atoms with E-state index < -0.39 is 0 Å². The molecule has 94 valence electrons. The largest absolute Gasteiger partial charge is 0.375 e. The Kier molecular flexibility index (Phi) is 3.64.